The quantitative estimate of drug-likeness (QED) is 0.876. The van der Waals surface area contributed by atoms with E-state index in [0.717, 1.165) is 53.6 Å². The van der Waals surface area contributed by atoms with Crippen molar-refractivity contribution in [3.8, 4) is 17.1 Å². The molecule has 0 unspecified atom stereocenters. The molecule has 21 heavy (non-hydrogen) atoms. The van der Waals surface area contributed by atoms with Crippen LogP contribution in [0.15, 0.2) is 24.3 Å². The van der Waals surface area contributed by atoms with Crippen LogP contribution in [-0.2, 0) is 6.42 Å². The van der Waals surface area contributed by atoms with Gasteiger partial charge in [0.15, 0.2) is 5.82 Å². The smallest absolute Gasteiger partial charge is 0.161 e. The van der Waals surface area contributed by atoms with Crippen LogP contribution in [0.25, 0.3) is 11.4 Å². The Bertz CT molecular complexity index is 611. The molecule has 0 amide bonds. The molecule has 0 saturated carbocycles. The first-order chi connectivity index (χ1) is 10.2. The molecule has 0 spiro atoms. The Hall–Kier alpha value is -2.10. The molecular formula is C17H23N3O. The number of anilines is 1. The molecule has 1 aromatic carbocycles. The van der Waals surface area contributed by atoms with Crippen molar-refractivity contribution in [2.45, 2.75) is 33.6 Å². The Labute approximate surface area is 126 Å². The summed E-state index contributed by atoms with van der Waals surface area (Å²) in [5, 5.41) is 3.39. The van der Waals surface area contributed by atoms with Crippen LogP contribution < -0.4 is 10.1 Å². The van der Waals surface area contributed by atoms with Gasteiger partial charge in [-0.25, -0.2) is 9.97 Å². The molecule has 0 atom stereocenters. The number of benzene rings is 1. The maximum Gasteiger partial charge on any atom is 0.161 e. The second-order valence-corrected chi connectivity index (χ2v) is 4.98. The topological polar surface area (TPSA) is 47.0 Å². The Morgan fingerprint density at radius 2 is 2.00 bits per heavy atom. The van der Waals surface area contributed by atoms with E-state index in [1.165, 1.54) is 0 Å². The van der Waals surface area contributed by atoms with Gasteiger partial charge in [-0.3, -0.25) is 0 Å². The van der Waals surface area contributed by atoms with Crippen molar-refractivity contribution < 1.29 is 4.74 Å². The van der Waals surface area contributed by atoms with Crippen LogP contribution >= 0.6 is 0 Å². The molecule has 1 aromatic heterocycles. The van der Waals surface area contributed by atoms with Crippen LogP contribution in [-0.4, -0.2) is 23.6 Å². The summed E-state index contributed by atoms with van der Waals surface area (Å²) < 4.78 is 5.28. The normalized spacial score (nSPS) is 10.5. The summed E-state index contributed by atoms with van der Waals surface area (Å²) in [7, 11) is 1.67. The van der Waals surface area contributed by atoms with E-state index < -0.39 is 0 Å². The number of ether oxygens (including phenoxy) is 1. The van der Waals surface area contributed by atoms with E-state index in [2.05, 4.69) is 31.1 Å². The van der Waals surface area contributed by atoms with Crippen molar-refractivity contribution in [2.75, 3.05) is 19.0 Å². The van der Waals surface area contributed by atoms with Gasteiger partial charge >= 0.3 is 0 Å². The van der Waals surface area contributed by atoms with Gasteiger partial charge in [0.05, 0.1) is 7.11 Å². The maximum absolute atomic E-state index is 5.28. The van der Waals surface area contributed by atoms with Crippen molar-refractivity contribution in [1.82, 2.24) is 9.97 Å². The average molecular weight is 285 g/mol. The fourth-order valence-electron chi connectivity index (χ4n) is 2.21. The van der Waals surface area contributed by atoms with Crippen LogP contribution in [0.3, 0.4) is 0 Å². The highest BCUT2D eigenvalue weighted by atomic mass is 16.5. The zero-order valence-corrected chi connectivity index (χ0v) is 13.2. The molecule has 0 radical (unpaired) electrons. The fraction of sp³-hybridized carbons (Fsp3) is 0.412. The zero-order chi connectivity index (χ0) is 15.2. The van der Waals surface area contributed by atoms with E-state index >= 15 is 0 Å². The number of hydrogen-bond acceptors (Lipinski definition) is 4. The summed E-state index contributed by atoms with van der Waals surface area (Å²) in [5.74, 6) is 2.49. The first-order valence-electron chi connectivity index (χ1n) is 7.45. The first kappa shape index (κ1) is 15.3. The van der Waals surface area contributed by atoms with Gasteiger partial charge in [0.25, 0.3) is 0 Å². The van der Waals surface area contributed by atoms with E-state index in [4.69, 9.17) is 9.72 Å². The Balaban J connectivity index is 2.47. The van der Waals surface area contributed by atoms with Gasteiger partial charge in [-0.05, 0) is 31.9 Å². The van der Waals surface area contributed by atoms with E-state index in [0.29, 0.717) is 0 Å². The SMILES string of the molecule is CCCNc1nc(-c2cccc(OC)c2)nc(CC)c1C. The molecular weight excluding hydrogens is 262 g/mol. The molecule has 0 fully saturated rings. The van der Waals surface area contributed by atoms with Gasteiger partial charge in [0, 0.05) is 23.4 Å². The number of nitrogens with zero attached hydrogens (tertiary/aromatic N) is 2. The molecule has 1 N–H and O–H groups in total. The zero-order valence-electron chi connectivity index (χ0n) is 13.2. The number of aromatic nitrogens is 2. The average Bonchev–Trinajstić information content (AvgIpc) is 2.54. The van der Waals surface area contributed by atoms with Crippen molar-refractivity contribution in [1.29, 1.82) is 0 Å². The van der Waals surface area contributed by atoms with Gasteiger partial charge in [-0.2, -0.15) is 0 Å². The Morgan fingerprint density at radius 3 is 2.67 bits per heavy atom. The third-order valence-electron chi connectivity index (χ3n) is 3.45. The summed E-state index contributed by atoms with van der Waals surface area (Å²) >= 11 is 0. The van der Waals surface area contributed by atoms with Crippen molar-refractivity contribution in [3.63, 3.8) is 0 Å². The monoisotopic (exact) mass is 285 g/mol. The molecule has 0 aliphatic rings. The van der Waals surface area contributed by atoms with Gasteiger partial charge < -0.3 is 10.1 Å². The predicted molar refractivity (Wildman–Crippen MR) is 86.9 cm³/mol. The molecule has 1 heterocycles. The van der Waals surface area contributed by atoms with Crippen molar-refractivity contribution in [2.24, 2.45) is 0 Å². The maximum atomic E-state index is 5.28. The first-order valence-corrected chi connectivity index (χ1v) is 7.45. The van der Waals surface area contributed by atoms with Gasteiger partial charge in [0.2, 0.25) is 0 Å². The highest BCUT2D eigenvalue weighted by Gasteiger charge is 2.11. The lowest BCUT2D eigenvalue weighted by Gasteiger charge is -2.13. The third kappa shape index (κ3) is 3.51. The minimum absolute atomic E-state index is 0.745. The van der Waals surface area contributed by atoms with Crippen LogP contribution in [0.4, 0.5) is 5.82 Å². The molecule has 0 bridgehead atoms. The summed E-state index contributed by atoms with van der Waals surface area (Å²) in [6.07, 6.45) is 1.96. The van der Waals surface area contributed by atoms with Crippen LogP contribution in [0.5, 0.6) is 5.75 Å². The molecule has 0 aliphatic heterocycles. The molecule has 0 saturated heterocycles. The third-order valence-corrected chi connectivity index (χ3v) is 3.45. The number of rotatable bonds is 6. The molecule has 112 valence electrons. The van der Waals surface area contributed by atoms with Crippen LogP contribution in [0, 0.1) is 6.92 Å². The minimum atomic E-state index is 0.745. The van der Waals surface area contributed by atoms with Crippen molar-refractivity contribution >= 4 is 5.82 Å². The molecule has 4 heteroatoms. The molecule has 2 rings (SSSR count). The van der Waals surface area contributed by atoms with E-state index in [-0.39, 0.29) is 0 Å². The number of methoxy groups -OCH3 is 1. The molecule has 0 aliphatic carbocycles. The summed E-state index contributed by atoms with van der Waals surface area (Å²) in [6.45, 7) is 7.26. The highest BCUT2D eigenvalue weighted by molar-refractivity contribution is 5.61. The van der Waals surface area contributed by atoms with Gasteiger partial charge in [-0.15, -0.1) is 0 Å². The minimum Gasteiger partial charge on any atom is -0.497 e. The predicted octanol–water partition coefficient (Wildman–Crippen LogP) is 3.84. The number of aryl methyl sites for hydroxylation is 1. The summed E-state index contributed by atoms with van der Waals surface area (Å²) in [5.41, 5.74) is 3.20. The Kier molecular flexibility index (Phi) is 5.14. The standard InChI is InChI=1S/C17H23N3O/c1-5-10-18-16-12(3)15(6-2)19-17(20-16)13-8-7-9-14(11-13)21-4/h7-9,11H,5-6,10H2,1-4H3,(H,18,19,20). The van der Waals surface area contributed by atoms with E-state index in [1.54, 1.807) is 7.11 Å². The highest BCUT2D eigenvalue weighted by Crippen LogP contribution is 2.25. The number of nitrogens with one attached hydrogen (secondary N) is 1. The summed E-state index contributed by atoms with van der Waals surface area (Å²) in [4.78, 5) is 9.38. The van der Waals surface area contributed by atoms with Crippen LogP contribution in [0.2, 0.25) is 0 Å². The van der Waals surface area contributed by atoms with Gasteiger partial charge in [0.1, 0.15) is 11.6 Å². The van der Waals surface area contributed by atoms with E-state index in [1.807, 2.05) is 24.3 Å². The molecule has 2 aromatic rings. The molecule has 4 nitrogen and oxygen atoms in total. The van der Waals surface area contributed by atoms with Gasteiger partial charge in [-0.1, -0.05) is 26.0 Å². The Morgan fingerprint density at radius 1 is 1.19 bits per heavy atom. The number of hydrogen-bond donors (Lipinski definition) is 1. The second-order valence-electron chi connectivity index (χ2n) is 4.98. The largest absolute Gasteiger partial charge is 0.497 e. The second kappa shape index (κ2) is 7.07. The lowest BCUT2D eigenvalue weighted by atomic mass is 10.1. The van der Waals surface area contributed by atoms with Crippen LogP contribution in [0.1, 0.15) is 31.5 Å². The lowest BCUT2D eigenvalue weighted by Crippen LogP contribution is -2.08. The fourth-order valence-corrected chi connectivity index (χ4v) is 2.21. The summed E-state index contributed by atoms with van der Waals surface area (Å²) in [6, 6.07) is 7.86. The van der Waals surface area contributed by atoms with Crippen molar-refractivity contribution in [3.05, 3.63) is 35.5 Å². The van der Waals surface area contributed by atoms with E-state index in [9.17, 15) is 0 Å². The lowest BCUT2D eigenvalue weighted by molar-refractivity contribution is 0.415.